The van der Waals surface area contributed by atoms with Gasteiger partial charge in [-0.3, -0.25) is 19.0 Å². The number of nitrogens with two attached hydrogens (primary N) is 1. The standard InChI is InChI=1S/C42H50N6O4S/c1-2-3-4-5-6-7-8-9-10-11-12-13-14-15-19-22-38(49)46-29-31(30-46)44-40(50)37-28-35-41(53-37)45-39(43)42(51)48(35)33-23-24-36-34(27-33)47(25-26-52-36)32-20-17-16-18-21-32/h3-4,6-7,9-10,16-18,20-21,23-24,27-28,31H,2,5,8,11-15,19,22,25-26,29-30H2,1H3,(H2,43,45)(H,44,50)/b4-3-,7-6-,10-9-. The molecule has 278 valence electrons. The van der Waals surface area contributed by atoms with E-state index in [1.165, 1.54) is 28.7 Å². The number of hydrogen-bond donors (Lipinski definition) is 2. The minimum atomic E-state index is -0.458. The first-order valence-corrected chi connectivity index (χ1v) is 19.7. The van der Waals surface area contributed by atoms with Crippen molar-refractivity contribution in [1.82, 2.24) is 19.8 Å². The maximum Gasteiger partial charge on any atom is 0.298 e. The Hall–Kier alpha value is -5.16. The van der Waals surface area contributed by atoms with Crippen LogP contribution in [-0.4, -0.2) is 58.5 Å². The van der Waals surface area contributed by atoms with Crippen LogP contribution in [0.5, 0.6) is 5.75 Å². The monoisotopic (exact) mass is 734 g/mol. The first kappa shape index (κ1) is 37.6. The number of carbonyl (C=O) groups is 2. The van der Waals surface area contributed by atoms with Crippen LogP contribution < -0.4 is 26.2 Å². The normalized spacial score (nSPS) is 14.7. The van der Waals surface area contributed by atoms with E-state index in [1.54, 1.807) is 6.07 Å². The maximum absolute atomic E-state index is 13.4. The topological polar surface area (TPSA) is 123 Å². The number of fused-ring (bicyclic) bond motifs is 2. The zero-order valence-electron chi connectivity index (χ0n) is 30.5. The summed E-state index contributed by atoms with van der Waals surface area (Å²) in [6.07, 6.45) is 23.5. The fourth-order valence-corrected chi connectivity index (χ4v) is 7.60. The molecule has 0 spiro atoms. The van der Waals surface area contributed by atoms with Gasteiger partial charge in [-0.1, -0.05) is 80.8 Å². The van der Waals surface area contributed by atoms with E-state index >= 15 is 0 Å². The van der Waals surface area contributed by atoms with Crippen LogP contribution in [0.15, 0.2) is 95.8 Å². The Labute approximate surface area is 315 Å². The Morgan fingerprint density at radius 3 is 2.45 bits per heavy atom. The van der Waals surface area contributed by atoms with Crippen molar-refractivity contribution in [3.05, 3.63) is 106 Å². The highest BCUT2D eigenvalue weighted by molar-refractivity contribution is 7.20. The van der Waals surface area contributed by atoms with Gasteiger partial charge in [0.25, 0.3) is 11.5 Å². The molecular formula is C42H50N6O4S. The predicted molar refractivity (Wildman–Crippen MR) is 216 cm³/mol. The van der Waals surface area contributed by atoms with Crippen LogP contribution in [0.2, 0.25) is 0 Å². The summed E-state index contributed by atoms with van der Waals surface area (Å²) in [4.78, 5) is 48.7. The number of anilines is 3. The second-order valence-electron chi connectivity index (χ2n) is 13.5. The van der Waals surface area contributed by atoms with Gasteiger partial charge in [0.15, 0.2) is 5.82 Å². The van der Waals surface area contributed by atoms with Gasteiger partial charge in [-0.2, -0.15) is 0 Å². The predicted octanol–water partition coefficient (Wildman–Crippen LogP) is 8.09. The number of nitrogen functional groups attached to an aromatic ring is 1. The molecule has 0 atom stereocenters. The molecule has 6 rings (SSSR count). The fraction of sp³-hybridized carbons (Fsp3) is 0.381. The second-order valence-corrected chi connectivity index (χ2v) is 14.5. The molecule has 1 saturated heterocycles. The van der Waals surface area contributed by atoms with Crippen molar-refractivity contribution in [3.63, 3.8) is 0 Å². The largest absolute Gasteiger partial charge is 0.490 e. The van der Waals surface area contributed by atoms with Crippen LogP contribution in [0.1, 0.15) is 80.8 Å². The Bertz CT molecular complexity index is 2010. The lowest BCUT2D eigenvalue weighted by atomic mass is 10.1. The number of unbranched alkanes of at least 4 members (excludes halogenated alkanes) is 5. The first-order chi connectivity index (χ1) is 25.9. The van der Waals surface area contributed by atoms with Crippen LogP contribution in [0.25, 0.3) is 16.0 Å². The van der Waals surface area contributed by atoms with Gasteiger partial charge in [-0.05, 0) is 74.9 Å². The molecular weight excluding hydrogens is 685 g/mol. The number of para-hydroxylation sites is 1. The number of allylic oxidation sites excluding steroid dienone is 6. The van der Waals surface area contributed by atoms with Crippen molar-refractivity contribution in [2.45, 2.75) is 77.2 Å². The van der Waals surface area contributed by atoms with Gasteiger partial charge in [0.05, 0.1) is 34.4 Å². The highest BCUT2D eigenvalue weighted by atomic mass is 32.1. The van der Waals surface area contributed by atoms with Crippen molar-refractivity contribution in [3.8, 4) is 11.4 Å². The number of nitrogens with zero attached hydrogens (tertiary/aromatic N) is 4. The molecule has 0 aliphatic carbocycles. The average Bonchev–Trinajstić information content (AvgIpc) is 3.58. The number of hydrogen-bond acceptors (Lipinski definition) is 8. The SMILES string of the molecule is CC/C=C\C/C=C\C/C=C\CCCCCCCC(=O)N1CC(NC(=O)c2cc3c(nc(N)c(=O)n3-c3ccc4c(c3)N(c3ccccc3)CCO4)s2)C1. The number of rotatable bonds is 17. The third-order valence-corrected chi connectivity index (χ3v) is 10.6. The van der Waals surface area contributed by atoms with Gasteiger partial charge in [-0.25, -0.2) is 4.98 Å². The van der Waals surface area contributed by atoms with E-state index in [-0.39, 0.29) is 23.7 Å². The molecule has 2 aromatic carbocycles. The van der Waals surface area contributed by atoms with E-state index in [9.17, 15) is 14.4 Å². The number of nitrogens with one attached hydrogen (secondary N) is 1. The number of benzene rings is 2. The summed E-state index contributed by atoms with van der Waals surface area (Å²) in [6, 6.07) is 17.2. The van der Waals surface area contributed by atoms with Crippen LogP contribution in [0.4, 0.5) is 17.2 Å². The van der Waals surface area contributed by atoms with E-state index < -0.39 is 5.56 Å². The van der Waals surface area contributed by atoms with Gasteiger partial charge >= 0.3 is 0 Å². The number of thiophene rings is 1. The first-order valence-electron chi connectivity index (χ1n) is 18.9. The minimum Gasteiger partial charge on any atom is -0.490 e. The van der Waals surface area contributed by atoms with Crippen LogP contribution in [-0.2, 0) is 4.79 Å². The molecule has 2 aliphatic heterocycles. The molecule has 4 aromatic rings. The number of aromatic nitrogens is 2. The molecule has 0 saturated carbocycles. The van der Waals surface area contributed by atoms with Crippen molar-refractivity contribution in [2.24, 2.45) is 0 Å². The zero-order valence-corrected chi connectivity index (χ0v) is 31.4. The summed E-state index contributed by atoms with van der Waals surface area (Å²) in [6.45, 7) is 4.34. The molecule has 0 unspecified atom stereocenters. The summed E-state index contributed by atoms with van der Waals surface area (Å²) in [5, 5.41) is 3.05. The number of amides is 2. The molecule has 11 heteroatoms. The third kappa shape index (κ3) is 9.64. The molecule has 1 fully saturated rings. The summed E-state index contributed by atoms with van der Waals surface area (Å²) in [7, 11) is 0. The summed E-state index contributed by atoms with van der Waals surface area (Å²) < 4.78 is 7.45. The van der Waals surface area contributed by atoms with Gasteiger partial charge < -0.3 is 25.6 Å². The zero-order chi connectivity index (χ0) is 37.0. The minimum absolute atomic E-state index is 0.122. The highest BCUT2D eigenvalue weighted by Gasteiger charge is 2.32. The van der Waals surface area contributed by atoms with E-state index in [1.807, 2.05) is 53.4 Å². The third-order valence-electron chi connectivity index (χ3n) is 9.55. The van der Waals surface area contributed by atoms with Gasteiger partial charge in [0.1, 0.15) is 17.2 Å². The maximum atomic E-state index is 13.4. The molecule has 2 aromatic heterocycles. The molecule has 10 nitrogen and oxygen atoms in total. The van der Waals surface area contributed by atoms with Crippen LogP contribution in [0, 0.1) is 0 Å². The molecule has 53 heavy (non-hydrogen) atoms. The Kier molecular flexibility index (Phi) is 13.2. The van der Waals surface area contributed by atoms with Crippen molar-refractivity contribution >= 4 is 50.7 Å². The van der Waals surface area contributed by atoms with Crippen molar-refractivity contribution in [1.29, 1.82) is 0 Å². The second kappa shape index (κ2) is 18.6. The highest BCUT2D eigenvalue weighted by Crippen LogP contribution is 2.38. The molecule has 2 amide bonds. The summed E-state index contributed by atoms with van der Waals surface area (Å²) in [5.41, 5.74) is 8.60. The lowest BCUT2D eigenvalue weighted by Crippen LogP contribution is -2.60. The number of carbonyl (C=O) groups excluding carboxylic acids is 2. The van der Waals surface area contributed by atoms with Gasteiger partial charge in [-0.15, -0.1) is 11.3 Å². The molecule has 4 heterocycles. The van der Waals surface area contributed by atoms with Gasteiger partial charge in [0.2, 0.25) is 5.91 Å². The average molecular weight is 735 g/mol. The molecule has 0 bridgehead atoms. The smallest absolute Gasteiger partial charge is 0.298 e. The molecule has 0 radical (unpaired) electrons. The Morgan fingerprint density at radius 2 is 1.66 bits per heavy atom. The number of likely N-dealkylation sites (tertiary alicyclic amines) is 1. The van der Waals surface area contributed by atoms with Crippen LogP contribution in [0.3, 0.4) is 0 Å². The van der Waals surface area contributed by atoms with Gasteiger partial charge in [0, 0.05) is 25.2 Å². The van der Waals surface area contributed by atoms with E-state index in [0.29, 0.717) is 53.6 Å². The molecule has 3 N–H and O–H groups in total. The van der Waals surface area contributed by atoms with E-state index in [2.05, 4.69) is 58.6 Å². The lowest BCUT2D eigenvalue weighted by molar-refractivity contribution is -0.136. The van der Waals surface area contributed by atoms with E-state index in [0.717, 1.165) is 62.1 Å². The summed E-state index contributed by atoms with van der Waals surface area (Å²) >= 11 is 1.19. The van der Waals surface area contributed by atoms with Crippen molar-refractivity contribution in [2.75, 3.05) is 36.9 Å². The fourth-order valence-electron chi connectivity index (χ4n) is 6.67. The quantitative estimate of drug-likeness (QED) is 0.0831. The van der Waals surface area contributed by atoms with Crippen LogP contribution >= 0.6 is 11.3 Å². The lowest BCUT2D eigenvalue weighted by Gasteiger charge is -2.39. The Morgan fingerprint density at radius 1 is 0.925 bits per heavy atom. The van der Waals surface area contributed by atoms with E-state index in [4.69, 9.17) is 10.5 Å². The molecule has 2 aliphatic rings. The summed E-state index contributed by atoms with van der Waals surface area (Å²) in [5.74, 6) is 0.459. The Balaban J connectivity index is 0.965. The number of ether oxygens (including phenoxy) is 1. The van der Waals surface area contributed by atoms with Crippen molar-refractivity contribution < 1.29 is 14.3 Å².